The molecular weight excluding hydrogens is 332 g/mol. The lowest BCUT2D eigenvalue weighted by Gasteiger charge is -2.38. The van der Waals surface area contributed by atoms with Crippen LogP contribution in [0.2, 0.25) is 5.02 Å². The lowest BCUT2D eigenvalue weighted by Crippen LogP contribution is -2.53. The number of halogens is 2. The molecule has 1 fully saturated rings. The van der Waals surface area contributed by atoms with E-state index >= 15 is 0 Å². The molecule has 4 nitrogen and oxygen atoms in total. The first-order chi connectivity index (χ1) is 8.93. The summed E-state index contributed by atoms with van der Waals surface area (Å²) in [5.74, 6) is -0.799. The Morgan fingerprint density at radius 1 is 1.47 bits per heavy atom. The highest BCUT2D eigenvalue weighted by Crippen LogP contribution is 2.31. The number of nitrogens with one attached hydrogen (secondary N) is 1. The van der Waals surface area contributed by atoms with Crippen LogP contribution in [0.5, 0.6) is 0 Å². The summed E-state index contributed by atoms with van der Waals surface area (Å²) in [5.41, 5.74) is -0.122. The second-order valence-corrected chi connectivity index (χ2v) is 6.21. The van der Waals surface area contributed by atoms with Crippen LogP contribution in [0.4, 0.5) is 5.69 Å². The topological polar surface area (TPSA) is 52.6 Å². The second-order valence-electron chi connectivity index (χ2n) is 4.94. The van der Waals surface area contributed by atoms with E-state index in [2.05, 4.69) is 26.1 Å². The van der Waals surface area contributed by atoms with E-state index in [4.69, 9.17) is 11.6 Å². The first-order valence-electron chi connectivity index (χ1n) is 6.08. The molecule has 0 radical (unpaired) electrons. The Hall–Kier alpha value is -0.780. The molecule has 2 rings (SSSR count). The fourth-order valence-electron chi connectivity index (χ4n) is 2.24. The molecule has 6 heteroatoms. The van der Waals surface area contributed by atoms with Crippen molar-refractivity contribution in [3.8, 4) is 0 Å². The van der Waals surface area contributed by atoms with Gasteiger partial charge >= 0.3 is 5.97 Å². The third-order valence-electron chi connectivity index (χ3n) is 3.55. The molecule has 1 aromatic carbocycles. The van der Waals surface area contributed by atoms with E-state index in [-0.39, 0.29) is 0 Å². The summed E-state index contributed by atoms with van der Waals surface area (Å²) in [6.07, 6.45) is 1.16. The molecule has 1 aliphatic rings. The van der Waals surface area contributed by atoms with Gasteiger partial charge in [-0.2, -0.15) is 0 Å². The first-order valence-corrected chi connectivity index (χ1v) is 7.25. The van der Waals surface area contributed by atoms with Crippen LogP contribution >= 0.6 is 27.5 Å². The molecule has 1 aromatic rings. The number of carboxylic acids is 1. The van der Waals surface area contributed by atoms with Gasteiger partial charge in [-0.1, -0.05) is 11.6 Å². The zero-order valence-electron chi connectivity index (χ0n) is 10.6. The van der Waals surface area contributed by atoms with Crippen LogP contribution in [-0.4, -0.2) is 41.7 Å². The van der Waals surface area contributed by atoms with Crippen LogP contribution in [0.15, 0.2) is 22.7 Å². The number of hydrogen-bond donors (Lipinski definition) is 2. The molecule has 0 spiro atoms. The average molecular weight is 348 g/mol. The molecule has 0 unspecified atom stereocenters. The van der Waals surface area contributed by atoms with Gasteiger partial charge < -0.3 is 15.3 Å². The number of carboxylic acid groups (broad SMARTS) is 1. The highest BCUT2D eigenvalue weighted by atomic mass is 79.9. The van der Waals surface area contributed by atoms with Crippen molar-refractivity contribution in [3.05, 3.63) is 27.7 Å². The normalized spacial score (nSPS) is 19.1. The summed E-state index contributed by atoms with van der Waals surface area (Å²) in [4.78, 5) is 13.8. The number of nitrogens with zero attached hydrogens (tertiary/aromatic N) is 1. The fourth-order valence-corrected chi connectivity index (χ4v) is 2.74. The van der Waals surface area contributed by atoms with E-state index in [0.29, 0.717) is 17.9 Å². The predicted molar refractivity (Wildman–Crippen MR) is 79.9 cm³/mol. The number of likely N-dealkylation sites (tertiary alicyclic amines) is 1. The minimum Gasteiger partial charge on any atom is -0.480 e. The van der Waals surface area contributed by atoms with Crippen LogP contribution in [0.3, 0.4) is 0 Å². The zero-order chi connectivity index (χ0) is 14.0. The number of piperidine rings is 1. The van der Waals surface area contributed by atoms with E-state index in [9.17, 15) is 9.90 Å². The second kappa shape index (κ2) is 5.69. The van der Waals surface area contributed by atoms with Crippen LogP contribution in [0.25, 0.3) is 0 Å². The molecular formula is C13H16BrClN2O2. The summed E-state index contributed by atoms with van der Waals surface area (Å²) in [5, 5.41) is 13.3. The molecule has 1 aliphatic heterocycles. The van der Waals surface area contributed by atoms with Crippen LogP contribution in [0.1, 0.15) is 12.8 Å². The maximum absolute atomic E-state index is 11.6. The molecule has 19 heavy (non-hydrogen) atoms. The number of aliphatic carboxylic acids is 1. The summed E-state index contributed by atoms with van der Waals surface area (Å²) >= 11 is 9.29. The Balaban J connectivity index is 2.21. The largest absolute Gasteiger partial charge is 0.480 e. The molecule has 0 amide bonds. The van der Waals surface area contributed by atoms with Gasteiger partial charge in [0.15, 0.2) is 0 Å². The Labute approximate surface area is 125 Å². The van der Waals surface area contributed by atoms with Crippen molar-refractivity contribution in [2.75, 3.05) is 25.5 Å². The Bertz CT molecular complexity index is 488. The quantitative estimate of drug-likeness (QED) is 0.882. The molecule has 0 saturated carbocycles. The fraction of sp³-hybridized carbons (Fsp3) is 0.462. The van der Waals surface area contributed by atoms with Crippen molar-refractivity contribution in [1.82, 2.24) is 4.90 Å². The molecule has 1 saturated heterocycles. The Kier molecular flexibility index (Phi) is 4.38. The Morgan fingerprint density at radius 2 is 2.11 bits per heavy atom. The van der Waals surface area contributed by atoms with Gasteiger partial charge in [0.05, 0.1) is 5.02 Å². The monoisotopic (exact) mass is 346 g/mol. The highest BCUT2D eigenvalue weighted by molar-refractivity contribution is 9.10. The van der Waals surface area contributed by atoms with Gasteiger partial charge in [-0.05, 0) is 54.0 Å². The average Bonchev–Trinajstić information content (AvgIpc) is 2.37. The smallest absolute Gasteiger partial charge is 0.329 e. The van der Waals surface area contributed by atoms with Crippen molar-refractivity contribution < 1.29 is 9.90 Å². The SMILES string of the molecule is CN1CCC(Nc2ccc(Cl)c(Br)c2)(C(=O)O)CC1. The summed E-state index contributed by atoms with van der Waals surface area (Å²) in [6.45, 7) is 1.54. The molecule has 1 heterocycles. The van der Waals surface area contributed by atoms with E-state index in [1.165, 1.54) is 0 Å². The number of rotatable bonds is 3. The van der Waals surface area contributed by atoms with Crippen LogP contribution in [0, 0.1) is 0 Å². The van der Waals surface area contributed by atoms with Crippen molar-refractivity contribution in [2.45, 2.75) is 18.4 Å². The summed E-state index contributed by atoms with van der Waals surface area (Å²) < 4.78 is 0.757. The molecule has 0 atom stereocenters. The van der Waals surface area contributed by atoms with E-state index in [1.807, 2.05) is 13.1 Å². The maximum Gasteiger partial charge on any atom is 0.329 e. The van der Waals surface area contributed by atoms with Crippen LogP contribution < -0.4 is 5.32 Å². The minimum atomic E-state index is -0.889. The molecule has 0 bridgehead atoms. The van der Waals surface area contributed by atoms with Gasteiger partial charge in [-0.25, -0.2) is 4.79 Å². The van der Waals surface area contributed by atoms with E-state index < -0.39 is 11.5 Å². The van der Waals surface area contributed by atoms with Crippen molar-refractivity contribution in [3.63, 3.8) is 0 Å². The highest BCUT2D eigenvalue weighted by Gasteiger charge is 2.40. The van der Waals surface area contributed by atoms with Gasteiger partial charge in [0.25, 0.3) is 0 Å². The number of carbonyl (C=O) groups is 1. The van der Waals surface area contributed by atoms with Crippen molar-refractivity contribution in [2.24, 2.45) is 0 Å². The molecule has 0 aromatic heterocycles. The standard InChI is InChI=1S/C13H16BrClN2O2/c1-17-6-4-13(5-7-17,12(18)19)16-9-2-3-11(15)10(14)8-9/h2-3,8,16H,4-7H2,1H3,(H,18,19). The first kappa shape index (κ1) is 14.6. The third-order valence-corrected chi connectivity index (χ3v) is 4.77. The van der Waals surface area contributed by atoms with Gasteiger partial charge in [0, 0.05) is 23.2 Å². The number of benzene rings is 1. The predicted octanol–water partition coefficient (Wildman–Crippen LogP) is 3.06. The lowest BCUT2D eigenvalue weighted by atomic mass is 9.87. The summed E-state index contributed by atoms with van der Waals surface area (Å²) in [7, 11) is 2.00. The number of anilines is 1. The number of hydrogen-bond acceptors (Lipinski definition) is 3. The molecule has 104 valence electrons. The molecule has 0 aliphatic carbocycles. The lowest BCUT2D eigenvalue weighted by molar-refractivity contribution is -0.143. The van der Waals surface area contributed by atoms with Gasteiger partial charge in [0.2, 0.25) is 0 Å². The van der Waals surface area contributed by atoms with Gasteiger partial charge in [0.1, 0.15) is 5.54 Å². The van der Waals surface area contributed by atoms with Crippen molar-refractivity contribution in [1.29, 1.82) is 0 Å². The van der Waals surface area contributed by atoms with E-state index in [1.54, 1.807) is 12.1 Å². The van der Waals surface area contributed by atoms with Gasteiger partial charge in [-0.3, -0.25) is 0 Å². The van der Waals surface area contributed by atoms with Crippen LogP contribution in [-0.2, 0) is 4.79 Å². The zero-order valence-corrected chi connectivity index (χ0v) is 13.0. The summed E-state index contributed by atoms with van der Waals surface area (Å²) in [6, 6.07) is 5.36. The van der Waals surface area contributed by atoms with E-state index in [0.717, 1.165) is 23.2 Å². The minimum absolute atomic E-state index is 0.582. The van der Waals surface area contributed by atoms with Gasteiger partial charge in [-0.15, -0.1) is 0 Å². The molecule has 2 N–H and O–H groups in total. The third kappa shape index (κ3) is 3.22. The van der Waals surface area contributed by atoms with Crippen molar-refractivity contribution >= 4 is 39.2 Å². The maximum atomic E-state index is 11.6. The Morgan fingerprint density at radius 3 is 2.63 bits per heavy atom.